The zero-order valence-corrected chi connectivity index (χ0v) is 15.2. The summed E-state index contributed by atoms with van der Waals surface area (Å²) in [7, 11) is 1.49. The quantitative estimate of drug-likeness (QED) is 0.332. The number of guanidine groups is 1. The van der Waals surface area contributed by atoms with Gasteiger partial charge in [0.25, 0.3) is 0 Å². The lowest BCUT2D eigenvalue weighted by molar-refractivity contribution is -0.183. The Balaban J connectivity index is 1.88. The highest BCUT2D eigenvalue weighted by molar-refractivity contribution is 5.80. The number of nitrogens with one attached hydrogen (secondary N) is 2. The maximum absolute atomic E-state index is 12.9. The van der Waals surface area contributed by atoms with Crippen molar-refractivity contribution in [2.45, 2.75) is 44.1 Å². The molecule has 2 rings (SSSR count). The minimum atomic E-state index is -4.43. The van der Waals surface area contributed by atoms with E-state index in [1.165, 1.54) is 19.2 Å². The molecule has 0 aromatic heterocycles. The van der Waals surface area contributed by atoms with Crippen molar-refractivity contribution < 1.29 is 26.3 Å². The van der Waals surface area contributed by atoms with Gasteiger partial charge in [-0.05, 0) is 37.5 Å². The lowest BCUT2D eigenvalue weighted by Gasteiger charge is -2.31. The van der Waals surface area contributed by atoms with Crippen molar-refractivity contribution in [3.05, 3.63) is 35.4 Å². The molecule has 28 heavy (non-hydrogen) atoms. The fourth-order valence-corrected chi connectivity index (χ4v) is 3.05. The molecule has 0 saturated heterocycles. The minimum Gasteiger partial charge on any atom is -0.354 e. The molecule has 1 fully saturated rings. The van der Waals surface area contributed by atoms with Crippen LogP contribution in [-0.4, -0.2) is 31.8 Å². The molecule has 1 aromatic rings. The third kappa shape index (κ3) is 6.66. The molecule has 9 heteroatoms. The molecule has 2 atom stereocenters. The number of nitrogens with zero attached hydrogens (tertiary/aromatic N) is 1. The van der Waals surface area contributed by atoms with Crippen LogP contribution in [0.5, 0.6) is 0 Å². The molecule has 154 valence electrons. The summed E-state index contributed by atoms with van der Waals surface area (Å²) in [5.74, 6) is 4.30. The Morgan fingerprint density at radius 2 is 1.93 bits per heavy atom. The second-order valence-corrected chi connectivity index (χ2v) is 6.55. The molecule has 3 nitrogen and oxygen atoms in total. The highest BCUT2D eigenvalue weighted by atomic mass is 19.4. The summed E-state index contributed by atoms with van der Waals surface area (Å²) in [4.78, 5) is 3.96. The van der Waals surface area contributed by atoms with Crippen LogP contribution in [0, 0.1) is 17.8 Å². The van der Waals surface area contributed by atoms with Gasteiger partial charge in [-0.2, -0.15) is 26.3 Å². The van der Waals surface area contributed by atoms with Gasteiger partial charge in [0, 0.05) is 18.7 Å². The van der Waals surface area contributed by atoms with Crippen molar-refractivity contribution in [2.75, 3.05) is 13.6 Å². The molecule has 2 unspecified atom stereocenters. The van der Waals surface area contributed by atoms with E-state index >= 15 is 0 Å². The minimum absolute atomic E-state index is 0.0138. The molecule has 1 aromatic carbocycles. The van der Waals surface area contributed by atoms with E-state index in [1.54, 1.807) is 0 Å². The summed E-state index contributed by atoms with van der Waals surface area (Å²) in [6.07, 6.45) is -7.42. The van der Waals surface area contributed by atoms with Crippen molar-refractivity contribution in [1.29, 1.82) is 0 Å². The Hall–Kier alpha value is -2.37. The average Bonchev–Trinajstić information content (AvgIpc) is 2.63. The first-order valence-corrected chi connectivity index (χ1v) is 8.79. The number of alkyl halides is 6. The van der Waals surface area contributed by atoms with Gasteiger partial charge in [0.2, 0.25) is 0 Å². The first-order valence-electron chi connectivity index (χ1n) is 8.79. The molecule has 1 saturated carbocycles. The Kier molecular flexibility index (Phi) is 7.22. The van der Waals surface area contributed by atoms with Gasteiger partial charge in [-0.3, -0.25) is 4.99 Å². The second-order valence-electron chi connectivity index (χ2n) is 6.55. The van der Waals surface area contributed by atoms with Gasteiger partial charge in [0.15, 0.2) is 5.96 Å². The predicted octanol–water partition coefficient (Wildman–Crippen LogP) is 4.34. The maximum atomic E-state index is 12.9. The van der Waals surface area contributed by atoms with Crippen LogP contribution in [0.4, 0.5) is 26.3 Å². The zero-order chi connectivity index (χ0) is 20.8. The normalized spacial score (nSPS) is 20.9. The molecule has 0 heterocycles. The van der Waals surface area contributed by atoms with Crippen LogP contribution < -0.4 is 10.6 Å². The maximum Gasteiger partial charge on any atom is 0.416 e. The third-order valence-electron chi connectivity index (χ3n) is 4.47. The summed E-state index contributed by atoms with van der Waals surface area (Å²) in [5.41, 5.74) is -0.555. The molecule has 0 radical (unpaired) electrons. The van der Waals surface area contributed by atoms with Crippen molar-refractivity contribution in [3.8, 4) is 11.8 Å². The number of aliphatic imine (C=N–C) groups is 1. The molecular formula is C19H21F6N3. The fourth-order valence-electron chi connectivity index (χ4n) is 3.05. The number of hydrogen-bond donors (Lipinski definition) is 2. The molecular weight excluding hydrogens is 384 g/mol. The highest BCUT2D eigenvalue weighted by Crippen LogP contribution is 2.37. The van der Waals surface area contributed by atoms with Crippen LogP contribution in [0.25, 0.3) is 0 Å². The van der Waals surface area contributed by atoms with Gasteiger partial charge in [-0.25, -0.2) is 0 Å². The summed E-state index contributed by atoms with van der Waals surface area (Å²) in [5, 5.41) is 5.80. The number of rotatable bonds is 2. The van der Waals surface area contributed by atoms with Gasteiger partial charge in [0.1, 0.15) is 0 Å². The van der Waals surface area contributed by atoms with Crippen LogP contribution in [0.1, 0.15) is 36.8 Å². The summed E-state index contributed by atoms with van der Waals surface area (Å²) >= 11 is 0. The van der Waals surface area contributed by atoms with Crippen LogP contribution in [-0.2, 0) is 6.18 Å². The van der Waals surface area contributed by atoms with Gasteiger partial charge < -0.3 is 10.6 Å². The number of hydrogen-bond acceptors (Lipinski definition) is 1. The monoisotopic (exact) mass is 405 g/mol. The lowest BCUT2D eigenvalue weighted by atomic mass is 9.85. The summed E-state index contributed by atoms with van der Waals surface area (Å²) in [6.45, 7) is 0.0886. The number of benzene rings is 1. The van der Waals surface area contributed by atoms with E-state index in [9.17, 15) is 26.3 Å². The summed E-state index contributed by atoms with van der Waals surface area (Å²) in [6, 6.07) is 4.32. The van der Waals surface area contributed by atoms with Crippen molar-refractivity contribution in [3.63, 3.8) is 0 Å². The Labute approximate surface area is 159 Å². The molecule has 1 aliphatic rings. The van der Waals surface area contributed by atoms with Crippen molar-refractivity contribution in [1.82, 2.24) is 10.6 Å². The van der Waals surface area contributed by atoms with E-state index in [2.05, 4.69) is 27.5 Å². The lowest BCUT2D eigenvalue weighted by Crippen LogP contribution is -2.46. The first-order chi connectivity index (χ1) is 13.1. The fraction of sp³-hybridized carbons (Fsp3) is 0.526. The molecule has 0 amide bonds. The SMILES string of the molecule is CN=C(NCC#Cc1cccc(C(F)(F)F)c1)NC1CCCC(C(F)(F)F)C1. The predicted molar refractivity (Wildman–Crippen MR) is 94.6 cm³/mol. The number of halogens is 6. The Bertz CT molecular complexity index is 743. The molecule has 0 bridgehead atoms. The van der Waals surface area contributed by atoms with Crippen LogP contribution >= 0.6 is 0 Å². The van der Waals surface area contributed by atoms with Crippen LogP contribution in [0.15, 0.2) is 29.3 Å². The average molecular weight is 405 g/mol. The van der Waals surface area contributed by atoms with Crippen molar-refractivity contribution in [2.24, 2.45) is 10.9 Å². The van der Waals surface area contributed by atoms with E-state index in [0.29, 0.717) is 18.8 Å². The molecule has 2 N–H and O–H groups in total. The van der Waals surface area contributed by atoms with Crippen LogP contribution in [0.3, 0.4) is 0 Å². The molecule has 0 spiro atoms. The van der Waals surface area contributed by atoms with Gasteiger partial charge >= 0.3 is 12.4 Å². The Morgan fingerprint density at radius 3 is 2.57 bits per heavy atom. The zero-order valence-electron chi connectivity index (χ0n) is 15.2. The van der Waals surface area contributed by atoms with Gasteiger partial charge in [0.05, 0.1) is 18.0 Å². The molecule has 0 aliphatic heterocycles. The van der Waals surface area contributed by atoms with Gasteiger partial charge in [-0.1, -0.05) is 24.3 Å². The van der Waals surface area contributed by atoms with E-state index in [1.807, 2.05) is 0 Å². The van der Waals surface area contributed by atoms with E-state index in [-0.39, 0.29) is 31.0 Å². The Morgan fingerprint density at radius 1 is 1.18 bits per heavy atom. The largest absolute Gasteiger partial charge is 0.416 e. The highest BCUT2D eigenvalue weighted by Gasteiger charge is 2.42. The smallest absolute Gasteiger partial charge is 0.354 e. The third-order valence-corrected chi connectivity index (χ3v) is 4.47. The van der Waals surface area contributed by atoms with Crippen LogP contribution in [0.2, 0.25) is 0 Å². The second kappa shape index (κ2) is 9.22. The standard InChI is InChI=1S/C19H21F6N3/c1-26-17(28-16-9-3-8-15(12-16)19(23,24)25)27-10-4-6-13-5-2-7-14(11-13)18(20,21)22/h2,5,7,11,15-16H,3,8-10,12H2,1H3,(H2,26,27,28). The van der Waals surface area contributed by atoms with E-state index < -0.39 is 23.8 Å². The van der Waals surface area contributed by atoms with E-state index in [4.69, 9.17) is 0 Å². The molecule has 1 aliphatic carbocycles. The van der Waals surface area contributed by atoms with Crippen molar-refractivity contribution >= 4 is 5.96 Å². The topological polar surface area (TPSA) is 36.4 Å². The summed E-state index contributed by atoms with van der Waals surface area (Å²) < 4.78 is 76.7. The van der Waals surface area contributed by atoms with Gasteiger partial charge in [-0.15, -0.1) is 0 Å². The van der Waals surface area contributed by atoms with E-state index in [0.717, 1.165) is 12.1 Å². The first kappa shape index (κ1) is 21.9.